The Hall–Kier alpha value is -1.70. The molecular weight excluding hydrogens is 340 g/mol. The Bertz CT molecular complexity index is 791. The van der Waals surface area contributed by atoms with E-state index in [-0.39, 0.29) is 5.91 Å². The van der Waals surface area contributed by atoms with Gasteiger partial charge >= 0.3 is 0 Å². The van der Waals surface area contributed by atoms with Crippen LogP contribution < -0.4 is 11.3 Å². The SMILES string of the molecule is Cc1c(C(=O)NN)sc2ncc(-c3ccc(Br)cc3)n12. The number of imidazole rings is 1. The molecule has 0 spiro atoms. The number of carbonyl (C=O) groups excluding carboxylic acids is 1. The van der Waals surface area contributed by atoms with Crippen LogP contribution in [0.4, 0.5) is 0 Å². The fourth-order valence-corrected chi connectivity index (χ4v) is 3.37. The van der Waals surface area contributed by atoms with E-state index in [2.05, 4.69) is 26.3 Å². The third-order valence-electron chi connectivity index (χ3n) is 3.06. The average Bonchev–Trinajstić information content (AvgIpc) is 3.00. The van der Waals surface area contributed by atoms with Crippen LogP contribution in [0.15, 0.2) is 34.9 Å². The molecule has 20 heavy (non-hydrogen) atoms. The average molecular weight is 351 g/mol. The molecule has 102 valence electrons. The quantitative estimate of drug-likeness (QED) is 0.424. The predicted molar refractivity (Wildman–Crippen MR) is 82.6 cm³/mol. The van der Waals surface area contributed by atoms with Crippen molar-refractivity contribution in [3.05, 3.63) is 45.5 Å². The summed E-state index contributed by atoms with van der Waals surface area (Å²) in [4.78, 5) is 17.4. The first kappa shape index (κ1) is 13.3. The lowest BCUT2D eigenvalue weighted by atomic mass is 10.2. The van der Waals surface area contributed by atoms with Gasteiger partial charge in [-0.25, -0.2) is 10.8 Å². The summed E-state index contributed by atoms with van der Waals surface area (Å²) < 4.78 is 2.99. The second-order valence-corrected chi connectivity index (χ2v) is 6.15. The minimum Gasteiger partial charge on any atom is -0.289 e. The van der Waals surface area contributed by atoms with Crippen LogP contribution in [0.5, 0.6) is 0 Å². The number of hydrogen-bond acceptors (Lipinski definition) is 4. The van der Waals surface area contributed by atoms with Gasteiger partial charge in [0.25, 0.3) is 5.91 Å². The first-order valence-corrected chi connectivity index (χ1v) is 7.46. The van der Waals surface area contributed by atoms with Crippen molar-refractivity contribution in [1.29, 1.82) is 0 Å². The second kappa shape index (κ2) is 5.01. The minimum absolute atomic E-state index is 0.292. The summed E-state index contributed by atoms with van der Waals surface area (Å²) in [6.45, 7) is 1.89. The van der Waals surface area contributed by atoms with Crippen LogP contribution >= 0.6 is 27.3 Å². The molecule has 3 rings (SSSR count). The molecule has 0 aliphatic heterocycles. The maximum absolute atomic E-state index is 11.7. The second-order valence-electron chi connectivity index (χ2n) is 4.26. The maximum atomic E-state index is 11.7. The number of rotatable bonds is 2. The number of aryl methyl sites for hydroxylation is 1. The van der Waals surface area contributed by atoms with Crippen molar-refractivity contribution in [2.24, 2.45) is 5.84 Å². The number of nitrogens with zero attached hydrogens (tertiary/aromatic N) is 2. The first-order chi connectivity index (χ1) is 9.61. The molecule has 0 radical (unpaired) electrons. The van der Waals surface area contributed by atoms with E-state index in [1.54, 1.807) is 0 Å². The molecule has 0 saturated heterocycles. The number of nitrogen functional groups attached to an aromatic ring is 1. The van der Waals surface area contributed by atoms with Crippen molar-refractivity contribution >= 4 is 38.1 Å². The normalized spacial score (nSPS) is 10.9. The standard InChI is InChI=1S/C13H11BrN4OS/c1-7-11(12(19)17-15)20-13-16-6-10(18(7)13)8-2-4-9(14)5-3-8/h2-6H,15H2,1H3,(H,17,19). The molecule has 0 fully saturated rings. The molecule has 5 nitrogen and oxygen atoms in total. The van der Waals surface area contributed by atoms with Gasteiger partial charge in [0.2, 0.25) is 0 Å². The van der Waals surface area contributed by atoms with Gasteiger partial charge in [-0.15, -0.1) is 0 Å². The van der Waals surface area contributed by atoms with Gasteiger partial charge in [-0.05, 0) is 19.1 Å². The summed E-state index contributed by atoms with van der Waals surface area (Å²) in [6.07, 6.45) is 1.81. The fraction of sp³-hybridized carbons (Fsp3) is 0.0769. The van der Waals surface area contributed by atoms with Gasteiger partial charge in [-0.3, -0.25) is 14.6 Å². The van der Waals surface area contributed by atoms with Gasteiger partial charge in [0, 0.05) is 15.7 Å². The third kappa shape index (κ3) is 2.04. The van der Waals surface area contributed by atoms with E-state index in [4.69, 9.17) is 5.84 Å². The topological polar surface area (TPSA) is 72.4 Å². The van der Waals surface area contributed by atoms with E-state index in [0.29, 0.717) is 4.88 Å². The zero-order valence-electron chi connectivity index (χ0n) is 10.6. The number of hydrazine groups is 1. The van der Waals surface area contributed by atoms with E-state index in [1.807, 2.05) is 41.8 Å². The van der Waals surface area contributed by atoms with E-state index in [9.17, 15) is 4.79 Å². The van der Waals surface area contributed by atoms with Crippen LogP contribution in [0.3, 0.4) is 0 Å². The largest absolute Gasteiger partial charge is 0.289 e. The van der Waals surface area contributed by atoms with Gasteiger partial charge in [0.05, 0.1) is 11.9 Å². The Balaban J connectivity index is 2.20. The molecule has 2 heterocycles. The molecular formula is C13H11BrN4OS. The lowest BCUT2D eigenvalue weighted by molar-refractivity contribution is 0.0957. The molecule has 0 unspecified atom stereocenters. The number of carbonyl (C=O) groups is 1. The third-order valence-corrected chi connectivity index (χ3v) is 4.75. The highest BCUT2D eigenvalue weighted by atomic mass is 79.9. The van der Waals surface area contributed by atoms with Crippen LogP contribution in [0, 0.1) is 6.92 Å². The number of amides is 1. The molecule has 0 atom stereocenters. The number of nitrogens with one attached hydrogen (secondary N) is 1. The van der Waals surface area contributed by atoms with Crippen molar-refractivity contribution in [2.45, 2.75) is 6.92 Å². The number of aromatic nitrogens is 2. The summed E-state index contributed by atoms with van der Waals surface area (Å²) >= 11 is 4.74. The Labute approximate surface area is 127 Å². The van der Waals surface area contributed by atoms with Gasteiger partial charge in [-0.2, -0.15) is 0 Å². The van der Waals surface area contributed by atoms with Crippen molar-refractivity contribution < 1.29 is 4.79 Å². The summed E-state index contributed by atoms with van der Waals surface area (Å²) in [5, 5.41) is 0. The number of nitrogens with two attached hydrogens (primary N) is 1. The van der Waals surface area contributed by atoms with Crippen molar-refractivity contribution in [2.75, 3.05) is 0 Å². The number of thiazole rings is 1. The van der Waals surface area contributed by atoms with Gasteiger partial charge in [0.15, 0.2) is 4.96 Å². The molecule has 2 aromatic heterocycles. The first-order valence-electron chi connectivity index (χ1n) is 5.85. The number of halogens is 1. The lowest BCUT2D eigenvalue weighted by Gasteiger charge is -2.03. The zero-order valence-corrected chi connectivity index (χ0v) is 13.0. The van der Waals surface area contributed by atoms with Crippen LogP contribution in [-0.2, 0) is 0 Å². The van der Waals surface area contributed by atoms with Crippen LogP contribution in [-0.4, -0.2) is 15.3 Å². The Morgan fingerprint density at radius 1 is 1.40 bits per heavy atom. The summed E-state index contributed by atoms with van der Waals surface area (Å²) in [5.74, 6) is 4.91. The Morgan fingerprint density at radius 2 is 2.10 bits per heavy atom. The Morgan fingerprint density at radius 3 is 2.75 bits per heavy atom. The number of fused-ring (bicyclic) bond motifs is 1. The molecule has 0 aliphatic rings. The fourth-order valence-electron chi connectivity index (χ4n) is 2.10. The highest BCUT2D eigenvalue weighted by molar-refractivity contribution is 9.10. The molecule has 3 aromatic rings. The monoisotopic (exact) mass is 350 g/mol. The van der Waals surface area contributed by atoms with Crippen LogP contribution in [0.2, 0.25) is 0 Å². The minimum atomic E-state index is -0.292. The van der Waals surface area contributed by atoms with Crippen molar-refractivity contribution in [1.82, 2.24) is 14.8 Å². The van der Waals surface area contributed by atoms with Crippen LogP contribution in [0.1, 0.15) is 15.4 Å². The maximum Gasteiger partial charge on any atom is 0.277 e. The molecule has 3 N–H and O–H groups in total. The molecule has 0 bridgehead atoms. The highest BCUT2D eigenvalue weighted by Gasteiger charge is 2.18. The Kier molecular flexibility index (Phi) is 3.33. The summed E-state index contributed by atoms with van der Waals surface area (Å²) in [5.41, 5.74) is 5.00. The van der Waals surface area contributed by atoms with Crippen molar-refractivity contribution in [3.63, 3.8) is 0 Å². The molecule has 0 aliphatic carbocycles. The van der Waals surface area contributed by atoms with Gasteiger partial charge < -0.3 is 0 Å². The van der Waals surface area contributed by atoms with Crippen molar-refractivity contribution in [3.8, 4) is 11.3 Å². The van der Waals surface area contributed by atoms with E-state index in [0.717, 1.165) is 26.4 Å². The highest BCUT2D eigenvalue weighted by Crippen LogP contribution is 2.29. The van der Waals surface area contributed by atoms with E-state index >= 15 is 0 Å². The summed E-state index contributed by atoms with van der Waals surface area (Å²) in [6, 6.07) is 7.97. The molecule has 7 heteroatoms. The van der Waals surface area contributed by atoms with E-state index in [1.165, 1.54) is 11.3 Å². The number of benzene rings is 1. The molecule has 0 saturated carbocycles. The zero-order chi connectivity index (χ0) is 14.3. The van der Waals surface area contributed by atoms with Gasteiger partial charge in [-0.1, -0.05) is 39.4 Å². The molecule has 1 amide bonds. The predicted octanol–water partition coefficient (Wildman–Crippen LogP) is 2.74. The molecule has 1 aromatic carbocycles. The smallest absolute Gasteiger partial charge is 0.277 e. The van der Waals surface area contributed by atoms with Gasteiger partial charge in [0.1, 0.15) is 4.88 Å². The summed E-state index contributed by atoms with van der Waals surface area (Å²) in [7, 11) is 0. The van der Waals surface area contributed by atoms with Crippen LogP contribution in [0.25, 0.3) is 16.2 Å². The van der Waals surface area contributed by atoms with E-state index < -0.39 is 0 Å². The lowest BCUT2D eigenvalue weighted by Crippen LogP contribution is -2.29. The number of hydrogen-bond donors (Lipinski definition) is 2.